The number of fused-ring (bicyclic) bond motifs is 12. The van der Waals surface area contributed by atoms with E-state index < -0.39 is 24.2 Å². The summed E-state index contributed by atoms with van der Waals surface area (Å²) in [5.74, 6) is 9.14. The fraction of sp³-hybridized carbons (Fsp3) is 0.358. The number of terminal acetylenes is 3. The van der Waals surface area contributed by atoms with Crippen molar-refractivity contribution in [1.82, 2.24) is 103 Å². The van der Waals surface area contributed by atoms with Crippen LogP contribution in [0.2, 0.25) is 20.1 Å². The number of carbonyl (C=O) groups excluding carboxylic acids is 8. The molecule has 0 aliphatic carbocycles. The van der Waals surface area contributed by atoms with Crippen molar-refractivity contribution < 1.29 is 38.4 Å². The quantitative estimate of drug-likeness (QED) is 0.0679. The Kier molecular flexibility index (Phi) is 30.7. The molecule has 0 radical (unpaired) electrons. The van der Waals surface area contributed by atoms with E-state index in [1.807, 2.05) is 158 Å². The van der Waals surface area contributed by atoms with Crippen molar-refractivity contribution >= 4 is 162 Å². The highest BCUT2D eigenvalue weighted by Gasteiger charge is 2.42. The molecule has 754 valence electrons. The number of halogens is 4. The number of aromatic nitrogens is 12. The number of hydrogen-bond acceptors (Lipinski definition) is 26. The topological polar surface area (TPSA) is 338 Å². The molecule has 8 amide bonds. The normalized spacial score (nSPS) is 17.7. The number of imide groups is 1. The van der Waals surface area contributed by atoms with Crippen molar-refractivity contribution in [2.75, 3.05) is 111 Å². The van der Waals surface area contributed by atoms with Gasteiger partial charge in [-0.1, -0.05) is 107 Å². The van der Waals surface area contributed by atoms with Crippen molar-refractivity contribution in [3.8, 4) is 57.2 Å². The van der Waals surface area contributed by atoms with Crippen molar-refractivity contribution in [1.29, 1.82) is 0 Å². The van der Waals surface area contributed by atoms with Crippen LogP contribution in [0.4, 0.5) is 0 Å². The van der Waals surface area contributed by atoms with Crippen LogP contribution in [0.15, 0.2) is 129 Å². The molecule has 0 unspecified atom stereocenters. The highest BCUT2D eigenvalue weighted by molar-refractivity contribution is 7.16. The van der Waals surface area contributed by atoms with Gasteiger partial charge in [0, 0.05) is 207 Å². The molecule has 4 aromatic carbocycles. The summed E-state index contributed by atoms with van der Waals surface area (Å²) in [6.45, 7) is 33.0. The Labute approximate surface area is 886 Å². The number of thiophene rings is 4. The Morgan fingerprint density at radius 3 is 0.830 bits per heavy atom. The van der Waals surface area contributed by atoms with Crippen molar-refractivity contribution in [2.45, 2.75) is 139 Å². The van der Waals surface area contributed by atoms with Crippen molar-refractivity contribution in [3.63, 3.8) is 0 Å². The number of hydrogen-bond donors (Lipinski definition) is 0. The summed E-state index contributed by atoms with van der Waals surface area (Å²) in [6, 6.07) is 31.2. The molecule has 0 N–H and O–H groups in total. The Hall–Kier alpha value is -13.8. The number of piperazine rings is 4. The van der Waals surface area contributed by atoms with Crippen molar-refractivity contribution in [2.24, 2.45) is 20.0 Å². The third kappa shape index (κ3) is 21.1. The van der Waals surface area contributed by atoms with Crippen LogP contribution < -0.4 is 0 Å². The minimum absolute atomic E-state index is 0.0239. The fourth-order valence-electron chi connectivity index (χ4n) is 19.4. The fourth-order valence-corrected chi connectivity index (χ4v) is 24.7. The smallest absolute Gasteiger partial charge is 0.298 e. The molecule has 9 aliphatic rings. The van der Waals surface area contributed by atoms with E-state index in [1.54, 1.807) is 64.9 Å². The number of carbonyl (C=O) groups is 8. The lowest BCUT2D eigenvalue weighted by Gasteiger charge is -2.36. The van der Waals surface area contributed by atoms with Crippen LogP contribution in [0.25, 0.3) is 20.0 Å². The molecular formula is C106H105Cl4N25O8S4. The third-order valence-corrected chi connectivity index (χ3v) is 33.7. The van der Waals surface area contributed by atoms with E-state index in [2.05, 4.69) is 119 Å². The number of rotatable bonds is 15. The summed E-state index contributed by atoms with van der Waals surface area (Å²) in [6.07, 6.45) is 19.4. The molecule has 0 bridgehead atoms. The maximum absolute atomic E-state index is 13.6. The van der Waals surface area contributed by atoms with Gasteiger partial charge in [-0.25, -0.2) is 0 Å². The zero-order valence-corrected chi connectivity index (χ0v) is 89.4. The lowest BCUT2D eigenvalue weighted by molar-refractivity contribution is -0.141. The molecule has 12 aromatic rings. The zero-order valence-electron chi connectivity index (χ0n) is 83.1. The Balaban J connectivity index is 0.000000129. The first-order chi connectivity index (χ1) is 70.6. The third-order valence-electron chi connectivity index (χ3n) is 28.0. The molecule has 8 aromatic heterocycles. The maximum Gasteiger partial charge on any atom is 0.298 e. The van der Waals surface area contributed by atoms with Gasteiger partial charge >= 0.3 is 0 Å². The van der Waals surface area contributed by atoms with Crippen LogP contribution in [-0.4, -0.2) is 285 Å². The number of nitrogens with zero attached hydrogens (tertiary/aromatic N) is 25. The number of benzene rings is 4. The molecule has 4 fully saturated rings. The summed E-state index contributed by atoms with van der Waals surface area (Å²) < 4.78 is 8.19. The predicted molar refractivity (Wildman–Crippen MR) is 571 cm³/mol. The van der Waals surface area contributed by atoms with Gasteiger partial charge in [0.05, 0.1) is 61.6 Å². The highest BCUT2D eigenvalue weighted by Crippen LogP contribution is 2.46. The average Bonchev–Trinajstić information content (AvgIpc) is 1.60. The maximum atomic E-state index is 13.6. The van der Waals surface area contributed by atoms with Gasteiger partial charge < -0.3 is 34.3 Å². The van der Waals surface area contributed by atoms with Crippen molar-refractivity contribution in [3.05, 3.63) is 262 Å². The van der Waals surface area contributed by atoms with Crippen LogP contribution in [0, 0.1) is 120 Å². The first kappa shape index (κ1) is 103. The summed E-state index contributed by atoms with van der Waals surface area (Å²) in [5.41, 5.74) is 15.8. The van der Waals surface area contributed by atoms with E-state index in [0.717, 1.165) is 127 Å². The van der Waals surface area contributed by atoms with Gasteiger partial charge in [0.25, 0.3) is 17.7 Å². The molecule has 0 saturated carbocycles. The highest BCUT2D eigenvalue weighted by atomic mass is 35.5. The van der Waals surface area contributed by atoms with Gasteiger partial charge in [0.2, 0.25) is 29.5 Å². The molecule has 147 heavy (non-hydrogen) atoms. The summed E-state index contributed by atoms with van der Waals surface area (Å²) in [4.78, 5) is 143. The standard InChI is InChI=1S/C28H28ClN7O3S.C27H27ClN6O2S.C26H25ClN6O2S.C25H25ClN6OS/c1-16-17(2)40-28-25(16)26(19-4-6-20(29)7-5-19)30-21(27-32-31-18(3)36(27)28)14-24(39)34-12-10-33(11-13-34)15-35-22(37)8-9-23(35)38;1-5-6-22(35)32-11-13-33(14-12-32)23(36)15-21-26-31-30-18(4)34(26)27-24(16(2)17(3)37-27)25(29-21)19-7-9-20(28)10-8-19;1-5-21(34)31-10-12-32(13-11-31)22(35)14-20-25-30-29-17(4)33(25)26-23(15(2)16(3)36-26)24(28-20)18-6-8-19(27)9-7-18;1-5-30-10-12-31(13-11-30)21(33)14-20-24-29-28-17(4)32(24)25-22(15(2)16(3)34-25)23(27-20)18-6-8-19(26)9-7-18/h4-9,21H,10-15H2,1-3H3;1,7-10,21H,6,11-15H2,2-4H3;1,6-9,20H,10-14H2,2-4H3;1,6-9,20H,10-14H2,2-4H3/t2*21-;2*20-/m0000/s1. The Morgan fingerprint density at radius 1 is 0.333 bits per heavy atom. The zero-order chi connectivity index (χ0) is 104. The van der Waals surface area contributed by atoms with E-state index in [1.165, 1.54) is 42.1 Å². The molecule has 9 aliphatic heterocycles. The lowest BCUT2D eigenvalue weighted by Crippen LogP contribution is -2.52. The molecule has 4 atom stereocenters. The minimum Gasteiger partial charge on any atom is -0.340 e. The number of aryl methyl sites for hydroxylation is 8. The second-order valence-electron chi connectivity index (χ2n) is 37.0. The summed E-state index contributed by atoms with van der Waals surface area (Å²) >= 11 is 31.5. The molecule has 41 heteroatoms. The second kappa shape index (κ2) is 43.7. The van der Waals surface area contributed by atoms with E-state index in [4.69, 9.17) is 85.6 Å². The molecule has 17 heterocycles. The van der Waals surface area contributed by atoms with Crippen LogP contribution >= 0.6 is 91.8 Å². The van der Waals surface area contributed by atoms with Gasteiger partial charge in [-0.3, -0.25) is 86.4 Å². The van der Waals surface area contributed by atoms with Crippen LogP contribution in [0.3, 0.4) is 0 Å². The minimum atomic E-state index is -0.525. The molecule has 21 rings (SSSR count). The Bertz CT molecular complexity index is 7510. The van der Waals surface area contributed by atoms with Gasteiger partial charge in [-0.05, 0) is 160 Å². The SMILES string of the molecule is C#CC(=O)N1CCN(C(=O)C[C@@H]2N=C(c3ccc(Cl)cc3)c3c(sc(C)c3C)-n3c(C)nnc32)CC1.C#CCC(=O)N1CCN(C(=O)C[C@@H]2N=C(c3ccc(Cl)cc3)c3c(sc(C)c3C)-n3c(C)nnc32)CC1.C#CN1CCN(C(=O)C[C@@H]2N=C(c3ccc(Cl)cc3)c3c(sc(C)c3C)-n3c(C)nnc32)CC1.Cc1sc2c(c1C)C(c1ccc(Cl)cc1)=N[C@@H](CC(=O)N1CCN(CN3C(=O)C=CC3=O)CC1)c1nnc(C)n1-2. The summed E-state index contributed by atoms with van der Waals surface area (Å²) in [5, 5.41) is 42.0. The molecule has 33 nitrogen and oxygen atoms in total. The first-order valence-corrected chi connectivity index (χ1v) is 52.9. The number of amides is 8. The van der Waals surface area contributed by atoms with Crippen LogP contribution in [0.1, 0.15) is 189 Å². The van der Waals surface area contributed by atoms with E-state index in [9.17, 15) is 38.4 Å². The van der Waals surface area contributed by atoms with Crippen LogP contribution in [-0.2, 0) is 38.4 Å². The van der Waals surface area contributed by atoms with Gasteiger partial charge in [-0.2, -0.15) is 0 Å². The lowest BCUT2D eigenvalue weighted by atomic mass is 9.99. The van der Waals surface area contributed by atoms with E-state index in [-0.39, 0.29) is 86.0 Å². The first-order valence-electron chi connectivity index (χ1n) is 48.1. The van der Waals surface area contributed by atoms with Crippen LogP contribution in [0.5, 0.6) is 0 Å². The molecule has 0 spiro atoms. The van der Waals surface area contributed by atoms with Gasteiger partial charge in [0.1, 0.15) is 67.5 Å². The van der Waals surface area contributed by atoms with E-state index >= 15 is 0 Å². The van der Waals surface area contributed by atoms with E-state index in [0.29, 0.717) is 148 Å². The van der Waals surface area contributed by atoms with Gasteiger partial charge in [0.15, 0.2) is 23.3 Å². The molecular weight excluding hydrogens is 2020 g/mol. The number of aliphatic imine (C=N–C) groups is 4. The Morgan fingerprint density at radius 2 is 0.578 bits per heavy atom. The average molecular weight is 2130 g/mol. The largest absolute Gasteiger partial charge is 0.340 e. The predicted octanol–water partition coefficient (Wildman–Crippen LogP) is 14.5. The summed E-state index contributed by atoms with van der Waals surface area (Å²) in [7, 11) is 0. The molecule has 4 saturated heterocycles. The second-order valence-corrected chi connectivity index (χ2v) is 43.5. The van der Waals surface area contributed by atoms with Gasteiger partial charge in [-0.15, -0.1) is 99.0 Å². The monoisotopic (exact) mass is 2120 g/mol.